The smallest absolute Gasteiger partial charge is 0.497 e. The summed E-state index contributed by atoms with van der Waals surface area (Å²) in [5, 5.41) is 3.95. The summed E-state index contributed by atoms with van der Waals surface area (Å²) < 4.78 is 53.4. The molecule has 0 aliphatic rings. The van der Waals surface area contributed by atoms with Crippen LogP contribution >= 0.6 is 23.4 Å². The molecule has 4 rings (SSSR count). The topological polar surface area (TPSA) is 72.6 Å². The Labute approximate surface area is 220 Å². The van der Waals surface area contributed by atoms with Crippen LogP contribution in [-0.4, -0.2) is 37.6 Å². The fraction of sp³-hybridized carbons (Fsp3) is 0.192. The van der Waals surface area contributed by atoms with E-state index in [1.165, 1.54) is 43.3 Å². The third kappa shape index (κ3) is 6.08. The van der Waals surface area contributed by atoms with Crippen molar-refractivity contribution in [1.82, 2.24) is 4.98 Å². The molecule has 0 aliphatic heterocycles. The molecule has 6 nitrogen and oxygen atoms in total. The quantitative estimate of drug-likeness (QED) is 0.166. The summed E-state index contributed by atoms with van der Waals surface area (Å²) in [5.41, 5.74) is 1.73. The van der Waals surface area contributed by atoms with E-state index in [2.05, 4.69) is 15.0 Å². The van der Waals surface area contributed by atoms with E-state index >= 15 is 0 Å². The van der Waals surface area contributed by atoms with E-state index in [-0.39, 0.29) is 10.9 Å². The minimum atomic E-state index is -4.86. The minimum absolute atomic E-state index is 0.171. The number of carbonyl (C=O) groups excluding carboxylic acids is 1. The first-order valence-electron chi connectivity index (χ1n) is 10.9. The van der Waals surface area contributed by atoms with Crippen molar-refractivity contribution < 1.29 is 32.2 Å². The van der Waals surface area contributed by atoms with Crippen LogP contribution in [0, 0.1) is 0 Å². The maximum atomic E-state index is 14.0. The Bertz CT molecular complexity index is 1420. The van der Waals surface area contributed by atoms with E-state index in [4.69, 9.17) is 21.1 Å². The van der Waals surface area contributed by atoms with E-state index in [1.54, 1.807) is 31.4 Å². The molecule has 1 unspecified atom stereocenters. The average Bonchev–Trinajstić information content (AvgIpc) is 3.29. The molecule has 0 amide bonds. The number of Topliss-reactive ketones (excluding diaryl/α,β-unsaturated/α-hetero) is 1. The zero-order valence-electron chi connectivity index (χ0n) is 19.9. The largest absolute Gasteiger partial charge is 0.573 e. The van der Waals surface area contributed by atoms with Gasteiger partial charge in [0.15, 0.2) is 5.78 Å². The van der Waals surface area contributed by atoms with Gasteiger partial charge in [-0.3, -0.25) is 4.79 Å². The number of alkyl halides is 3. The van der Waals surface area contributed by atoms with E-state index < -0.39 is 23.9 Å². The van der Waals surface area contributed by atoms with E-state index in [0.717, 1.165) is 4.90 Å². The molecule has 0 bridgehead atoms. The number of thioether (sulfide) groups is 1. The minimum Gasteiger partial charge on any atom is -0.497 e. The van der Waals surface area contributed by atoms with Crippen molar-refractivity contribution in [1.29, 1.82) is 0 Å². The number of anilines is 1. The van der Waals surface area contributed by atoms with Gasteiger partial charge in [-0.2, -0.15) is 0 Å². The van der Waals surface area contributed by atoms with Gasteiger partial charge in [-0.25, -0.2) is 0 Å². The fourth-order valence-electron chi connectivity index (χ4n) is 3.92. The summed E-state index contributed by atoms with van der Waals surface area (Å²) in [6.45, 7) is 0. The Kier molecular flexibility index (Phi) is 7.79. The Hall–Kier alpha value is -3.50. The maximum absolute atomic E-state index is 14.0. The molecule has 0 radical (unpaired) electrons. The number of hydrogen-bond donors (Lipinski definition) is 2. The van der Waals surface area contributed by atoms with Gasteiger partial charge < -0.3 is 24.5 Å². The normalized spacial score (nSPS) is 12.3. The number of rotatable bonds is 9. The second kappa shape index (κ2) is 10.9. The van der Waals surface area contributed by atoms with Crippen LogP contribution in [0.2, 0.25) is 5.02 Å². The van der Waals surface area contributed by atoms with Gasteiger partial charge in [-0.05, 0) is 48.7 Å². The molecule has 1 atom stereocenters. The highest BCUT2D eigenvalue weighted by atomic mass is 35.5. The molecule has 0 saturated heterocycles. The fourth-order valence-corrected chi connectivity index (χ4v) is 4.56. The number of nitrogens with one attached hydrogen (secondary N) is 2. The van der Waals surface area contributed by atoms with Crippen LogP contribution in [0.15, 0.2) is 65.7 Å². The number of carbonyl (C=O) groups is 1. The predicted octanol–water partition coefficient (Wildman–Crippen LogP) is 7.50. The maximum Gasteiger partial charge on any atom is 0.573 e. The first-order valence-corrected chi connectivity index (χ1v) is 12.5. The van der Waals surface area contributed by atoms with Crippen molar-refractivity contribution in [2.45, 2.75) is 17.3 Å². The van der Waals surface area contributed by atoms with Crippen LogP contribution in [0.4, 0.5) is 18.9 Å². The molecule has 11 heteroatoms. The number of H-pyrrole nitrogens is 1. The van der Waals surface area contributed by atoms with Crippen LogP contribution in [0.5, 0.6) is 17.2 Å². The van der Waals surface area contributed by atoms with Gasteiger partial charge >= 0.3 is 6.36 Å². The number of ketones is 1. The van der Waals surface area contributed by atoms with Crippen LogP contribution in [0.1, 0.15) is 22.0 Å². The van der Waals surface area contributed by atoms with E-state index in [1.807, 2.05) is 18.4 Å². The number of methoxy groups -OCH3 is 2. The lowest BCUT2D eigenvalue weighted by atomic mass is 9.95. The number of ether oxygens (including phenoxy) is 3. The number of aromatic nitrogens is 1. The molecule has 3 aromatic carbocycles. The van der Waals surface area contributed by atoms with Crippen molar-refractivity contribution in [3.63, 3.8) is 0 Å². The SMILES string of the molecule is COc1cc(NC(C(=O)c2c[nH]c3ccc(OC(F)(F)F)cc23)c2ccc(Cl)cc2OC)cc(SC)c1. The van der Waals surface area contributed by atoms with Gasteiger partial charge in [0, 0.05) is 49.9 Å². The summed E-state index contributed by atoms with van der Waals surface area (Å²) in [6, 6.07) is 13.1. The third-order valence-electron chi connectivity index (χ3n) is 5.58. The van der Waals surface area contributed by atoms with Gasteiger partial charge in [-0.15, -0.1) is 24.9 Å². The highest BCUT2D eigenvalue weighted by Crippen LogP contribution is 2.37. The van der Waals surface area contributed by atoms with E-state index in [0.29, 0.717) is 33.3 Å². The molecule has 0 fully saturated rings. The van der Waals surface area contributed by atoms with Crippen LogP contribution in [-0.2, 0) is 0 Å². The van der Waals surface area contributed by atoms with Gasteiger partial charge in [-0.1, -0.05) is 17.7 Å². The zero-order chi connectivity index (χ0) is 26.7. The first-order chi connectivity index (χ1) is 17.6. The molecule has 0 spiro atoms. The highest BCUT2D eigenvalue weighted by molar-refractivity contribution is 7.98. The number of benzene rings is 3. The summed E-state index contributed by atoms with van der Waals surface area (Å²) in [7, 11) is 3.00. The Morgan fingerprint density at radius 1 is 1.03 bits per heavy atom. The first kappa shape index (κ1) is 26.6. The second-order valence-electron chi connectivity index (χ2n) is 7.89. The molecule has 0 aliphatic carbocycles. The van der Waals surface area contributed by atoms with Crippen molar-refractivity contribution in [2.24, 2.45) is 0 Å². The monoisotopic (exact) mass is 550 g/mol. The van der Waals surface area contributed by atoms with Gasteiger partial charge in [0.1, 0.15) is 23.3 Å². The molecule has 0 saturated carbocycles. The number of fused-ring (bicyclic) bond motifs is 1. The van der Waals surface area contributed by atoms with Gasteiger partial charge in [0.2, 0.25) is 0 Å². The molecule has 37 heavy (non-hydrogen) atoms. The van der Waals surface area contributed by atoms with Crippen molar-refractivity contribution in [2.75, 3.05) is 25.8 Å². The molecular weight excluding hydrogens is 529 g/mol. The van der Waals surface area contributed by atoms with Crippen LogP contribution < -0.4 is 19.5 Å². The Morgan fingerprint density at radius 2 is 1.81 bits per heavy atom. The average molecular weight is 551 g/mol. The van der Waals surface area contributed by atoms with E-state index in [9.17, 15) is 18.0 Å². The third-order valence-corrected chi connectivity index (χ3v) is 6.53. The number of hydrogen-bond acceptors (Lipinski definition) is 6. The Morgan fingerprint density at radius 3 is 2.49 bits per heavy atom. The van der Waals surface area contributed by atoms with Gasteiger partial charge in [0.25, 0.3) is 0 Å². The number of aromatic amines is 1. The molecule has 194 valence electrons. The highest BCUT2D eigenvalue weighted by Gasteiger charge is 2.32. The van der Waals surface area contributed by atoms with Crippen molar-refractivity contribution >= 4 is 45.7 Å². The zero-order valence-corrected chi connectivity index (χ0v) is 21.5. The summed E-state index contributed by atoms with van der Waals surface area (Å²) in [6.07, 6.45) is -1.49. The summed E-state index contributed by atoms with van der Waals surface area (Å²) in [5.74, 6) is 0.112. The lowest BCUT2D eigenvalue weighted by molar-refractivity contribution is -0.274. The summed E-state index contributed by atoms with van der Waals surface area (Å²) in [4.78, 5) is 17.9. The van der Waals surface area contributed by atoms with Crippen molar-refractivity contribution in [3.05, 3.63) is 76.9 Å². The Balaban J connectivity index is 1.83. The molecule has 4 aromatic rings. The summed E-state index contributed by atoms with van der Waals surface area (Å²) >= 11 is 7.65. The lowest BCUT2D eigenvalue weighted by Crippen LogP contribution is -2.22. The second-order valence-corrected chi connectivity index (χ2v) is 9.20. The molecule has 2 N–H and O–H groups in total. The standard InChI is InChI=1S/C26H22ClF3N2O4S/c1-34-17-9-15(10-18(11-17)37-3)32-24(19-6-4-14(27)8-23(19)35-2)25(33)21-13-31-22-7-5-16(12-20(21)22)36-26(28,29)30/h4-13,24,31-32H,1-3H3. The number of halogens is 4. The molecule has 1 aromatic heterocycles. The molecule has 1 heterocycles. The van der Waals surface area contributed by atoms with Crippen LogP contribution in [0.25, 0.3) is 10.9 Å². The van der Waals surface area contributed by atoms with Gasteiger partial charge in [0.05, 0.1) is 14.2 Å². The van der Waals surface area contributed by atoms with Crippen LogP contribution in [0.3, 0.4) is 0 Å². The van der Waals surface area contributed by atoms with Crippen molar-refractivity contribution in [3.8, 4) is 17.2 Å². The molecular formula is C26H22ClF3N2O4S. The lowest BCUT2D eigenvalue weighted by Gasteiger charge is -2.22. The predicted molar refractivity (Wildman–Crippen MR) is 138 cm³/mol.